The average Bonchev–Trinajstić information content (AvgIpc) is 2.54. The van der Waals surface area contributed by atoms with Crippen molar-refractivity contribution in [1.82, 2.24) is 9.97 Å². The monoisotopic (exact) mass is 179 g/mol. The summed E-state index contributed by atoms with van der Waals surface area (Å²) in [6.07, 6.45) is 4.18. The molecule has 2 N–H and O–H groups in total. The van der Waals surface area contributed by atoms with E-state index in [0.717, 1.165) is 17.8 Å². The Labute approximate surface area is 77.1 Å². The van der Waals surface area contributed by atoms with E-state index >= 15 is 0 Å². The standard InChI is InChI=1S/C9H13N3O/c1-7-8(12-4-3-11-7)9(10)2-5-13-6-9/h3-4H,2,5-6,10H2,1H3. The van der Waals surface area contributed by atoms with Crippen LogP contribution >= 0.6 is 0 Å². The molecule has 70 valence electrons. The minimum Gasteiger partial charge on any atom is -0.379 e. The molecule has 1 saturated heterocycles. The molecule has 2 heterocycles. The number of rotatable bonds is 1. The first-order chi connectivity index (χ1) is 6.22. The first-order valence-electron chi connectivity index (χ1n) is 4.37. The number of hydrogen-bond donors (Lipinski definition) is 1. The third kappa shape index (κ3) is 1.43. The van der Waals surface area contributed by atoms with Gasteiger partial charge in [0.15, 0.2) is 0 Å². The van der Waals surface area contributed by atoms with Crippen LogP contribution in [0.2, 0.25) is 0 Å². The number of nitrogens with zero attached hydrogens (tertiary/aromatic N) is 2. The Bertz CT molecular complexity index is 307. The zero-order valence-electron chi connectivity index (χ0n) is 7.66. The summed E-state index contributed by atoms with van der Waals surface area (Å²) in [5, 5.41) is 0. The average molecular weight is 179 g/mol. The molecule has 4 nitrogen and oxygen atoms in total. The highest BCUT2D eigenvalue weighted by atomic mass is 16.5. The Morgan fingerprint density at radius 2 is 2.23 bits per heavy atom. The molecule has 4 heteroatoms. The number of aryl methyl sites for hydroxylation is 1. The van der Waals surface area contributed by atoms with Gasteiger partial charge < -0.3 is 10.5 Å². The second-order valence-corrected chi connectivity index (χ2v) is 3.45. The van der Waals surface area contributed by atoms with E-state index in [9.17, 15) is 0 Å². The van der Waals surface area contributed by atoms with E-state index in [0.29, 0.717) is 13.2 Å². The van der Waals surface area contributed by atoms with Gasteiger partial charge in [0, 0.05) is 19.0 Å². The summed E-state index contributed by atoms with van der Waals surface area (Å²) >= 11 is 0. The molecule has 1 aromatic rings. The molecule has 0 aliphatic carbocycles. The van der Waals surface area contributed by atoms with Gasteiger partial charge in [0.25, 0.3) is 0 Å². The van der Waals surface area contributed by atoms with E-state index in [-0.39, 0.29) is 0 Å². The van der Waals surface area contributed by atoms with Gasteiger partial charge in [-0.3, -0.25) is 9.97 Å². The molecule has 2 rings (SSSR count). The maximum Gasteiger partial charge on any atom is 0.0860 e. The third-order valence-corrected chi connectivity index (χ3v) is 2.40. The number of hydrogen-bond acceptors (Lipinski definition) is 4. The highest BCUT2D eigenvalue weighted by molar-refractivity contribution is 5.20. The predicted octanol–water partition coefficient (Wildman–Crippen LogP) is 0.359. The van der Waals surface area contributed by atoms with Crippen molar-refractivity contribution in [2.24, 2.45) is 5.73 Å². The maximum absolute atomic E-state index is 6.15. The molecule has 13 heavy (non-hydrogen) atoms. The van der Waals surface area contributed by atoms with Crippen LogP contribution < -0.4 is 5.73 Å². The molecule has 1 fully saturated rings. The molecule has 1 unspecified atom stereocenters. The van der Waals surface area contributed by atoms with Crippen molar-refractivity contribution in [2.75, 3.05) is 13.2 Å². The smallest absolute Gasteiger partial charge is 0.0860 e. The second kappa shape index (κ2) is 3.05. The van der Waals surface area contributed by atoms with Gasteiger partial charge in [-0.05, 0) is 13.3 Å². The summed E-state index contributed by atoms with van der Waals surface area (Å²) in [6.45, 7) is 3.19. The van der Waals surface area contributed by atoms with E-state index in [1.807, 2.05) is 6.92 Å². The summed E-state index contributed by atoms with van der Waals surface area (Å²) in [6, 6.07) is 0. The molecule has 0 amide bonds. The van der Waals surface area contributed by atoms with Crippen molar-refractivity contribution in [3.63, 3.8) is 0 Å². The van der Waals surface area contributed by atoms with Crippen LogP contribution in [0.3, 0.4) is 0 Å². The van der Waals surface area contributed by atoms with Gasteiger partial charge in [-0.15, -0.1) is 0 Å². The maximum atomic E-state index is 6.15. The van der Waals surface area contributed by atoms with Gasteiger partial charge in [0.05, 0.1) is 23.5 Å². The highest BCUT2D eigenvalue weighted by Gasteiger charge is 2.35. The SMILES string of the molecule is Cc1nccnc1C1(N)CCOC1. The molecular weight excluding hydrogens is 166 g/mol. The Morgan fingerprint density at radius 1 is 1.46 bits per heavy atom. The van der Waals surface area contributed by atoms with Crippen LogP contribution in [0.5, 0.6) is 0 Å². The first-order valence-corrected chi connectivity index (χ1v) is 4.37. The van der Waals surface area contributed by atoms with Crippen LogP contribution in [0.25, 0.3) is 0 Å². The molecule has 1 atom stereocenters. The number of aromatic nitrogens is 2. The Hall–Kier alpha value is -1.00. The minimum atomic E-state index is -0.418. The van der Waals surface area contributed by atoms with Crippen LogP contribution in [0.15, 0.2) is 12.4 Å². The largest absolute Gasteiger partial charge is 0.379 e. The molecule has 0 bridgehead atoms. The Morgan fingerprint density at radius 3 is 2.85 bits per heavy atom. The lowest BCUT2D eigenvalue weighted by Crippen LogP contribution is -2.38. The lowest BCUT2D eigenvalue weighted by Gasteiger charge is -2.21. The van der Waals surface area contributed by atoms with Crippen LogP contribution in [0, 0.1) is 6.92 Å². The van der Waals surface area contributed by atoms with Crippen molar-refractivity contribution < 1.29 is 4.74 Å². The van der Waals surface area contributed by atoms with E-state index in [1.165, 1.54) is 0 Å². The first kappa shape index (κ1) is 8.59. The topological polar surface area (TPSA) is 61.0 Å². The van der Waals surface area contributed by atoms with Crippen molar-refractivity contribution in [3.05, 3.63) is 23.8 Å². The normalized spacial score (nSPS) is 27.8. The van der Waals surface area contributed by atoms with Crippen LogP contribution in [0.4, 0.5) is 0 Å². The second-order valence-electron chi connectivity index (χ2n) is 3.45. The van der Waals surface area contributed by atoms with Crippen LogP contribution in [-0.4, -0.2) is 23.2 Å². The quantitative estimate of drug-likeness (QED) is 0.676. The van der Waals surface area contributed by atoms with E-state index in [2.05, 4.69) is 9.97 Å². The molecular formula is C9H13N3O. The fourth-order valence-electron chi connectivity index (χ4n) is 1.66. The van der Waals surface area contributed by atoms with Gasteiger partial charge in [-0.1, -0.05) is 0 Å². The fraction of sp³-hybridized carbons (Fsp3) is 0.556. The Kier molecular flexibility index (Phi) is 2.01. The van der Waals surface area contributed by atoms with Gasteiger partial charge in [-0.25, -0.2) is 0 Å². The van der Waals surface area contributed by atoms with Gasteiger partial charge in [-0.2, -0.15) is 0 Å². The predicted molar refractivity (Wildman–Crippen MR) is 48.1 cm³/mol. The number of ether oxygens (including phenoxy) is 1. The van der Waals surface area contributed by atoms with E-state index in [4.69, 9.17) is 10.5 Å². The molecule has 1 aromatic heterocycles. The summed E-state index contributed by atoms with van der Waals surface area (Å²) in [7, 11) is 0. The van der Waals surface area contributed by atoms with Gasteiger partial charge >= 0.3 is 0 Å². The Balaban J connectivity index is 2.39. The summed E-state index contributed by atoms with van der Waals surface area (Å²) < 4.78 is 5.28. The molecule has 0 spiro atoms. The molecule has 1 aliphatic rings. The summed E-state index contributed by atoms with van der Waals surface area (Å²) in [5.41, 5.74) is 7.50. The molecule has 0 aromatic carbocycles. The molecule has 0 saturated carbocycles. The van der Waals surface area contributed by atoms with Crippen molar-refractivity contribution in [3.8, 4) is 0 Å². The number of nitrogens with two attached hydrogens (primary N) is 1. The lowest BCUT2D eigenvalue weighted by molar-refractivity contribution is 0.177. The summed E-state index contributed by atoms with van der Waals surface area (Å²) in [4.78, 5) is 8.44. The highest BCUT2D eigenvalue weighted by Crippen LogP contribution is 2.27. The van der Waals surface area contributed by atoms with Crippen molar-refractivity contribution in [1.29, 1.82) is 0 Å². The lowest BCUT2D eigenvalue weighted by atomic mass is 9.94. The molecule has 0 radical (unpaired) electrons. The zero-order valence-corrected chi connectivity index (χ0v) is 7.66. The van der Waals surface area contributed by atoms with Crippen LogP contribution in [0.1, 0.15) is 17.8 Å². The van der Waals surface area contributed by atoms with Crippen molar-refractivity contribution in [2.45, 2.75) is 18.9 Å². The molecule has 1 aliphatic heterocycles. The minimum absolute atomic E-state index is 0.418. The summed E-state index contributed by atoms with van der Waals surface area (Å²) in [5.74, 6) is 0. The third-order valence-electron chi connectivity index (χ3n) is 2.40. The van der Waals surface area contributed by atoms with Gasteiger partial charge in [0.1, 0.15) is 0 Å². The van der Waals surface area contributed by atoms with Gasteiger partial charge in [0.2, 0.25) is 0 Å². The van der Waals surface area contributed by atoms with E-state index < -0.39 is 5.54 Å². The van der Waals surface area contributed by atoms with Crippen LogP contribution in [-0.2, 0) is 10.3 Å². The fourth-order valence-corrected chi connectivity index (χ4v) is 1.66. The zero-order chi connectivity index (χ0) is 9.31. The van der Waals surface area contributed by atoms with E-state index in [1.54, 1.807) is 12.4 Å². The van der Waals surface area contributed by atoms with Crippen molar-refractivity contribution >= 4 is 0 Å².